The maximum atomic E-state index is 7.36. The highest BCUT2D eigenvalue weighted by atomic mass is 16.5. The summed E-state index contributed by atoms with van der Waals surface area (Å²) in [4.78, 5) is 8.19. The van der Waals surface area contributed by atoms with E-state index in [0.717, 1.165) is 24.8 Å². The summed E-state index contributed by atoms with van der Waals surface area (Å²) in [5.41, 5.74) is 9.77. The lowest BCUT2D eigenvalue weighted by atomic mass is 9.79. The third-order valence-corrected chi connectivity index (χ3v) is 3.97. The Bertz CT molecular complexity index is 671. The molecule has 2 aromatic rings. The third kappa shape index (κ3) is 2.72. The van der Waals surface area contributed by atoms with Crippen LogP contribution in [-0.4, -0.2) is 21.6 Å². The molecule has 0 radical (unpaired) electrons. The molecule has 0 fully saturated rings. The van der Waals surface area contributed by atoms with Crippen LogP contribution in [0.5, 0.6) is 0 Å². The van der Waals surface area contributed by atoms with Gasteiger partial charge in [0, 0.05) is 24.4 Å². The van der Waals surface area contributed by atoms with Gasteiger partial charge < -0.3 is 10.5 Å². The SMILES string of the molecule is CC1(OC(=N)N)CCc2c(cccc2-c2cncnc2)C1. The van der Waals surface area contributed by atoms with Crippen molar-refractivity contribution in [2.45, 2.75) is 31.8 Å². The number of ether oxygens (including phenoxy) is 1. The summed E-state index contributed by atoms with van der Waals surface area (Å²) < 4.78 is 5.52. The first-order valence-corrected chi connectivity index (χ1v) is 6.97. The molecule has 0 spiro atoms. The molecule has 5 nitrogen and oxygen atoms in total. The van der Waals surface area contributed by atoms with E-state index in [2.05, 4.69) is 22.1 Å². The molecule has 1 aliphatic carbocycles. The van der Waals surface area contributed by atoms with Gasteiger partial charge in [-0.1, -0.05) is 18.2 Å². The molecule has 1 unspecified atom stereocenters. The fourth-order valence-electron chi connectivity index (χ4n) is 3.04. The number of rotatable bonds is 2. The number of nitrogens with zero attached hydrogens (tertiary/aromatic N) is 2. The van der Waals surface area contributed by atoms with E-state index in [1.807, 2.05) is 25.4 Å². The molecule has 0 amide bonds. The molecule has 1 aromatic carbocycles. The summed E-state index contributed by atoms with van der Waals surface area (Å²) in [5, 5.41) is 7.36. The number of amidine groups is 1. The second-order valence-electron chi connectivity index (χ2n) is 5.66. The first kappa shape index (κ1) is 13.5. The summed E-state index contributed by atoms with van der Waals surface area (Å²) in [6.07, 6.45) is 7.69. The largest absolute Gasteiger partial charge is 0.459 e. The zero-order chi connectivity index (χ0) is 14.9. The summed E-state index contributed by atoms with van der Waals surface area (Å²) in [5.74, 6) is 0. The molecule has 21 heavy (non-hydrogen) atoms. The monoisotopic (exact) mass is 282 g/mol. The highest BCUT2D eigenvalue weighted by Gasteiger charge is 2.33. The molecule has 1 atom stereocenters. The van der Waals surface area contributed by atoms with E-state index >= 15 is 0 Å². The predicted octanol–water partition coefficient (Wildman–Crippen LogP) is 2.30. The van der Waals surface area contributed by atoms with E-state index < -0.39 is 5.60 Å². The second-order valence-corrected chi connectivity index (χ2v) is 5.66. The molecule has 108 valence electrons. The maximum Gasteiger partial charge on any atom is 0.279 e. The minimum atomic E-state index is -0.398. The van der Waals surface area contributed by atoms with E-state index in [0.29, 0.717) is 0 Å². The minimum absolute atomic E-state index is 0.214. The summed E-state index contributed by atoms with van der Waals surface area (Å²) in [6.45, 7) is 2.01. The Hall–Kier alpha value is -2.43. The fraction of sp³-hybridized carbons (Fsp3) is 0.312. The van der Waals surface area contributed by atoms with Crippen molar-refractivity contribution in [2.75, 3.05) is 0 Å². The highest BCUT2D eigenvalue weighted by molar-refractivity contribution is 5.69. The van der Waals surface area contributed by atoms with Crippen LogP contribution in [0, 0.1) is 5.41 Å². The van der Waals surface area contributed by atoms with Crippen molar-refractivity contribution >= 4 is 6.02 Å². The molecule has 5 heteroatoms. The number of nitrogens with one attached hydrogen (secondary N) is 1. The Morgan fingerprint density at radius 3 is 2.81 bits per heavy atom. The van der Waals surface area contributed by atoms with Crippen LogP contribution in [0.15, 0.2) is 36.9 Å². The van der Waals surface area contributed by atoms with E-state index in [1.165, 1.54) is 23.0 Å². The van der Waals surface area contributed by atoms with Crippen LogP contribution in [0.3, 0.4) is 0 Å². The average Bonchev–Trinajstić information content (AvgIpc) is 2.46. The van der Waals surface area contributed by atoms with Crippen LogP contribution in [0.25, 0.3) is 11.1 Å². The Labute approximate surface area is 123 Å². The van der Waals surface area contributed by atoms with Crippen LogP contribution < -0.4 is 5.73 Å². The van der Waals surface area contributed by atoms with Gasteiger partial charge >= 0.3 is 0 Å². The summed E-state index contributed by atoms with van der Waals surface area (Å²) in [6, 6.07) is 6.05. The van der Waals surface area contributed by atoms with E-state index in [1.54, 1.807) is 0 Å². The Balaban J connectivity index is 1.97. The number of hydrogen-bond donors (Lipinski definition) is 2. The lowest BCUT2D eigenvalue weighted by molar-refractivity contribution is 0.0572. The molecule has 1 aliphatic rings. The molecule has 0 aliphatic heterocycles. The molecule has 1 heterocycles. The predicted molar refractivity (Wildman–Crippen MR) is 80.9 cm³/mol. The molecular weight excluding hydrogens is 264 g/mol. The van der Waals surface area contributed by atoms with Crippen LogP contribution in [0.4, 0.5) is 0 Å². The van der Waals surface area contributed by atoms with Crippen LogP contribution >= 0.6 is 0 Å². The number of benzene rings is 1. The van der Waals surface area contributed by atoms with Gasteiger partial charge in [-0.05, 0) is 36.5 Å². The highest BCUT2D eigenvalue weighted by Crippen LogP contribution is 2.36. The van der Waals surface area contributed by atoms with Crippen molar-refractivity contribution in [3.8, 4) is 11.1 Å². The fourth-order valence-corrected chi connectivity index (χ4v) is 3.04. The summed E-state index contributed by atoms with van der Waals surface area (Å²) in [7, 11) is 0. The van der Waals surface area contributed by atoms with Gasteiger partial charge in [0.15, 0.2) is 0 Å². The lowest BCUT2D eigenvalue weighted by Gasteiger charge is -2.35. The minimum Gasteiger partial charge on any atom is -0.459 e. The molecule has 3 rings (SSSR count). The van der Waals surface area contributed by atoms with Gasteiger partial charge in [0.2, 0.25) is 0 Å². The Morgan fingerprint density at radius 1 is 1.33 bits per heavy atom. The van der Waals surface area contributed by atoms with Crippen LogP contribution in [0.2, 0.25) is 0 Å². The quantitative estimate of drug-likeness (QED) is 0.654. The normalized spacial score (nSPS) is 20.6. The topological polar surface area (TPSA) is 84.9 Å². The number of fused-ring (bicyclic) bond motifs is 1. The Morgan fingerprint density at radius 2 is 2.10 bits per heavy atom. The number of nitrogens with two attached hydrogens (primary N) is 1. The van der Waals surface area contributed by atoms with Gasteiger partial charge in [0.05, 0.1) is 0 Å². The summed E-state index contributed by atoms with van der Waals surface area (Å²) >= 11 is 0. The molecule has 0 bridgehead atoms. The van der Waals surface area contributed by atoms with Crippen molar-refractivity contribution in [3.63, 3.8) is 0 Å². The molecule has 0 saturated heterocycles. The van der Waals surface area contributed by atoms with Crippen molar-refractivity contribution < 1.29 is 4.74 Å². The third-order valence-electron chi connectivity index (χ3n) is 3.97. The molecule has 3 N–H and O–H groups in total. The van der Waals surface area contributed by atoms with Gasteiger partial charge in [-0.3, -0.25) is 5.41 Å². The van der Waals surface area contributed by atoms with Gasteiger partial charge in [0.1, 0.15) is 11.9 Å². The first-order chi connectivity index (χ1) is 10.1. The number of aromatic nitrogens is 2. The van der Waals surface area contributed by atoms with Crippen molar-refractivity contribution in [3.05, 3.63) is 48.0 Å². The van der Waals surface area contributed by atoms with Gasteiger partial charge in [-0.15, -0.1) is 0 Å². The van der Waals surface area contributed by atoms with Gasteiger partial charge in [0.25, 0.3) is 6.02 Å². The van der Waals surface area contributed by atoms with Crippen LogP contribution in [0.1, 0.15) is 24.5 Å². The van der Waals surface area contributed by atoms with Gasteiger partial charge in [-0.2, -0.15) is 0 Å². The number of hydrogen-bond acceptors (Lipinski definition) is 4. The maximum absolute atomic E-state index is 7.36. The lowest BCUT2D eigenvalue weighted by Crippen LogP contribution is -2.39. The van der Waals surface area contributed by atoms with E-state index in [-0.39, 0.29) is 6.02 Å². The standard InChI is InChI=1S/C16H18N4O/c1-16(21-15(17)18)6-5-14-11(7-16)3-2-4-13(14)12-8-19-10-20-9-12/h2-4,8-10H,5-7H2,1H3,(H3,17,18). The van der Waals surface area contributed by atoms with Crippen LogP contribution in [-0.2, 0) is 17.6 Å². The van der Waals surface area contributed by atoms with Gasteiger partial charge in [-0.25, -0.2) is 9.97 Å². The molecular formula is C16H18N4O. The van der Waals surface area contributed by atoms with Crippen molar-refractivity contribution in [2.24, 2.45) is 5.73 Å². The smallest absolute Gasteiger partial charge is 0.279 e. The zero-order valence-corrected chi connectivity index (χ0v) is 12.0. The second kappa shape index (κ2) is 5.16. The average molecular weight is 282 g/mol. The Kier molecular flexibility index (Phi) is 3.33. The van der Waals surface area contributed by atoms with Crippen molar-refractivity contribution in [1.82, 2.24) is 9.97 Å². The van der Waals surface area contributed by atoms with E-state index in [4.69, 9.17) is 15.9 Å². The molecule has 0 saturated carbocycles. The van der Waals surface area contributed by atoms with Crippen molar-refractivity contribution in [1.29, 1.82) is 5.41 Å². The van der Waals surface area contributed by atoms with E-state index in [9.17, 15) is 0 Å². The zero-order valence-electron chi connectivity index (χ0n) is 12.0. The first-order valence-electron chi connectivity index (χ1n) is 6.97. The molecule has 1 aromatic heterocycles.